The molecule has 2 bridgehead atoms. The second-order valence-electron chi connectivity index (χ2n) is 5.58. The van der Waals surface area contributed by atoms with Crippen LogP contribution in [0.3, 0.4) is 0 Å². The molecule has 4 atom stereocenters. The molecule has 0 spiro atoms. The van der Waals surface area contributed by atoms with Crippen LogP contribution >= 0.6 is 0 Å². The normalized spacial score (nSPS) is 37.5. The average Bonchev–Trinajstić information content (AvgIpc) is 2.89. The molecule has 3 rings (SSSR count). The summed E-state index contributed by atoms with van der Waals surface area (Å²) in [5, 5.41) is 4.04. The lowest BCUT2D eigenvalue weighted by Crippen LogP contribution is -2.34. The fourth-order valence-electron chi connectivity index (χ4n) is 3.32. The van der Waals surface area contributed by atoms with E-state index < -0.39 is 0 Å². The maximum atomic E-state index is 6.25. The molecule has 0 aliphatic heterocycles. The molecule has 2 fully saturated rings. The molecule has 4 nitrogen and oxygen atoms in total. The van der Waals surface area contributed by atoms with E-state index in [9.17, 15) is 0 Å². The molecule has 2 N–H and O–H groups in total. The van der Waals surface area contributed by atoms with Crippen molar-refractivity contribution in [1.82, 2.24) is 10.1 Å². The van der Waals surface area contributed by atoms with Gasteiger partial charge in [0, 0.05) is 12.0 Å². The molecule has 1 aromatic heterocycles. The van der Waals surface area contributed by atoms with Gasteiger partial charge in [-0.2, -0.15) is 4.98 Å². The van der Waals surface area contributed by atoms with E-state index in [0.717, 1.165) is 11.7 Å². The van der Waals surface area contributed by atoms with Crippen molar-refractivity contribution in [2.24, 2.45) is 17.6 Å². The summed E-state index contributed by atoms with van der Waals surface area (Å²) in [5.74, 6) is 3.60. The maximum absolute atomic E-state index is 6.25. The SMILES string of the molecule is CC(C)c1noc(C2C3CCC(C3)C2N)n1. The summed E-state index contributed by atoms with van der Waals surface area (Å²) in [6, 6.07) is 0.235. The van der Waals surface area contributed by atoms with Crippen molar-refractivity contribution in [2.45, 2.75) is 51.0 Å². The van der Waals surface area contributed by atoms with Crippen molar-refractivity contribution >= 4 is 0 Å². The van der Waals surface area contributed by atoms with Gasteiger partial charge in [-0.3, -0.25) is 0 Å². The van der Waals surface area contributed by atoms with Crippen molar-refractivity contribution in [2.75, 3.05) is 0 Å². The van der Waals surface area contributed by atoms with E-state index in [1.54, 1.807) is 0 Å². The van der Waals surface area contributed by atoms with Gasteiger partial charge < -0.3 is 10.3 Å². The molecule has 1 heterocycles. The van der Waals surface area contributed by atoms with E-state index in [1.807, 2.05) is 0 Å². The van der Waals surface area contributed by atoms with Crippen LogP contribution in [-0.2, 0) is 0 Å². The van der Waals surface area contributed by atoms with Gasteiger partial charge in [-0.15, -0.1) is 0 Å². The van der Waals surface area contributed by atoms with Crippen LogP contribution in [0, 0.1) is 11.8 Å². The molecule has 2 aliphatic carbocycles. The highest BCUT2D eigenvalue weighted by Gasteiger charge is 2.48. The van der Waals surface area contributed by atoms with Crippen LogP contribution in [0.5, 0.6) is 0 Å². The number of hydrogen-bond donors (Lipinski definition) is 1. The van der Waals surface area contributed by atoms with Gasteiger partial charge in [0.2, 0.25) is 5.89 Å². The van der Waals surface area contributed by atoms with Gasteiger partial charge in [0.1, 0.15) is 0 Å². The largest absolute Gasteiger partial charge is 0.339 e. The lowest BCUT2D eigenvalue weighted by molar-refractivity contribution is 0.278. The quantitative estimate of drug-likeness (QED) is 0.830. The Kier molecular flexibility index (Phi) is 2.28. The Morgan fingerprint density at radius 3 is 2.62 bits per heavy atom. The van der Waals surface area contributed by atoms with E-state index in [2.05, 4.69) is 24.0 Å². The minimum absolute atomic E-state index is 0.235. The predicted molar refractivity (Wildman–Crippen MR) is 59.9 cm³/mol. The molecule has 1 aromatic rings. The van der Waals surface area contributed by atoms with Crippen LogP contribution in [0.25, 0.3) is 0 Å². The highest BCUT2D eigenvalue weighted by Crippen LogP contribution is 2.51. The topological polar surface area (TPSA) is 64.9 Å². The third kappa shape index (κ3) is 1.39. The maximum Gasteiger partial charge on any atom is 0.231 e. The standard InChI is InChI=1S/C12H19N3O/c1-6(2)11-14-12(16-15-11)9-7-3-4-8(5-7)10(9)13/h6-10H,3-5,13H2,1-2H3. The van der Waals surface area contributed by atoms with Gasteiger partial charge in [-0.1, -0.05) is 19.0 Å². The van der Waals surface area contributed by atoms with E-state index in [4.69, 9.17) is 10.3 Å². The predicted octanol–water partition coefficient (Wildman–Crippen LogP) is 2.03. The van der Waals surface area contributed by atoms with Crippen LogP contribution in [0.15, 0.2) is 4.52 Å². The molecule has 16 heavy (non-hydrogen) atoms. The lowest BCUT2D eigenvalue weighted by atomic mass is 9.85. The zero-order valence-electron chi connectivity index (χ0n) is 9.89. The summed E-state index contributed by atoms with van der Waals surface area (Å²) in [6.45, 7) is 4.16. The first kappa shape index (κ1) is 10.3. The van der Waals surface area contributed by atoms with Gasteiger partial charge in [-0.05, 0) is 31.1 Å². The fraction of sp³-hybridized carbons (Fsp3) is 0.833. The van der Waals surface area contributed by atoms with E-state index in [0.29, 0.717) is 23.7 Å². The van der Waals surface area contributed by atoms with Gasteiger partial charge in [0.05, 0.1) is 5.92 Å². The molecule has 2 aliphatic rings. The summed E-state index contributed by atoms with van der Waals surface area (Å²) in [4.78, 5) is 4.50. The molecular formula is C12H19N3O. The fourth-order valence-corrected chi connectivity index (χ4v) is 3.32. The second-order valence-corrected chi connectivity index (χ2v) is 5.58. The van der Waals surface area contributed by atoms with Crippen molar-refractivity contribution in [3.8, 4) is 0 Å². The minimum atomic E-state index is 0.235. The van der Waals surface area contributed by atoms with Crippen molar-refractivity contribution in [1.29, 1.82) is 0 Å². The summed E-state index contributed by atoms with van der Waals surface area (Å²) in [6.07, 6.45) is 3.82. The third-order valence-corrected chi connectivity index (χ3v) is 4.24. The lowest BCUT2D eigenvalue weighted by Gasteiger charge is -2.24. The second kappa shape index (κ2) is 3.55. The van der Waals surface area contributed by atoms with Crippen LogP contribution in [0.1, 0.15) is 56.7 Å². The number of hydrogen-bond acceptors (Lipinski definition) is 4. The summed E-state index contributed by atoms with van der Waals surface area (Å²) < 4.78 is 5.39. The van der Waals surface area contributed by atoms with Crippen molar-refractivity contribution in [3.05, 3.63) is 11.7 Å². The zero-order valence-corrected chi connectivity index (χ0v) is 9.89. The number of rotatable bonds is 2. The van der Waals surface area contributed by atoms with E-state index in [1.165, 1.54) is 19.3 Å². The molecule has 4 heteroatoms. The number of fused-ring (bicyclic) bond motifs is 2. The summed E-state index contributed by atoms with van der Waals surface area (Å²) in [5.41, 5.74) is 6.25. The van der Waals surface area contributed by atoms with Crippen LogP contribution in [0.4, 0.5) is 0 Å². The van der Waals surface area contributed by atoms with Crippen LogP contribution in [-0.4, -0.2) is 16.2 Å². The van der Waals surface area contributed by atoms with E-state index >= 15 is 0 Å². The molecule has 0 saturated heterocycles. The Hall–Kier alpha value is -0.900. The van der Waals surface area contributed by atoms with Crippen molar-refractivity contribution < 1.29 is 4.52 Å². The van der Waals surface area contributed by atoms with Crippen LogP contribution in [0.2, 0.25) is 0 Å². The molecule has 0 radical (unpaired) electrons. The molecule has 88 valence electrons. The molecule has 0 amide bonds. The molecular weight excluding hydrogens is 202 g/mol. The molecule has 2 saturated carbocycles. The minimum Gasteiger partial charge on any atom is -0.339 e. The van der Waals surface area contributed by atoms with Gasteiger partial charge in [0.25, 0.3) is 0 Å². The Balaban J connectivity index is 1.86. The number of nitrogens with two attached hydrogens (primary N) is 1. The van der Waals surface area contributed by atoms with E-state index in [-0.39, 0.29) is 6.04 Å². The Morgan fingerprint density at radius 2 is 2.06 bits per heavy atom. The van der Waals surface area contributed by atoms with Gasteiger partial charge in [-0.25, -0.2) is 0 Å². The number of nitrogens with zero attached hydrogens (tertiary/aromatic N) is 2. The average molecular weight is 221 g/mol. The van der Waals surface area contributed by atoms with Crippen molar-refractivity contribution in [3.63, 3.8) is 0 Å². The first-order valence-corrected chi connectivity index (χ1v) is 6.26. The third-order valence-electron chi connectivity index (χ3n) is 4.24. The first-order valence-electron chi connectivity index (χ1n) is 6.26. The smallest absolute Gasteiger partial charge is 0.231 e. The van der Waals surface area contributed by atoms with Crippen LogP contribution < -0.4 is 5.73 Å². The monoisotopic (exact) mass is 221 g/mol. The highest BCUT2D eigenvalue weighted by atomic mass is 16.5. The number of aromatic nitrogens is 2. The molecule has 4 unspecified atom stereocenters. The summed E-state index contributed by atoms with van der Waals surface area (Å²) >= 11 is 0. The Labute approximate surface area is 95.6 Å². The Bertz CT molecular complexity index is 385. The van der Waals surface area contributed by atoms with Gasteiger partial charge in [0.15, 0.2) is 5.82 Å². The Morgan fingerprint density at radius 1 is 1.31 bits per heavy atom. The first-order chi connectivity index (χ1) is 7.66. The highest BCUT2D eigenvalue weighted by molar-refractivity contribution is 5.12. The molecule has 0 aromatic carbocycles. The van der Waals surface area contributed by atoms with Gasteiger partial charge >= 0.3 is 0 Å². The summed E-state index contributed by atoms with van der Waals surface area (Å²) in [7, 11) is 0. The zero-order chi connectivity index (χ0) is 11.3.